The van der Waals surface area contributed by atoms with Gasteiger partial charge in [0.2, 0.25) is 0 Å². The Morgan fingerprint density at radius 2 is 1.79 bits per heavy atom. The molecule has 0 saturated carbocycles. The van der Waals surface area contributed by atoms with Crippen LogP contribution in [0.5, 0.6) is 0 Å². The number of benzene rings is 2. The monoisotopic (exact) mass is 363 g/mol. The first kappa shape index (κ1) is 18.0. The van der Waals surface area contributed by atoms with Gasteiger partial charge in [0.15, 0.2) is 0 Å². The van der Waals surface area contributed by atoms with Crippen molar-refractivity contribution in [3.63, 3.8) is 0 Å². The topological polar surface area (TPSA) is 85.2 Å². The molecule has 124 valence electrons. The molecule has 2 rings (SSSR count). The maximum Gasteiger partial charge on any atom is 0.276 e. The minimum absolute atomic E-state index is 0.232. The van der Waals surface area contributed by atoms with Gasteiger partial charge in [-0.05, 0) is 42.3 Å². The summed E-state index contributed by atoms with van der Waals surface area (Å²) in [4.78, 5) is 11.7. The van der Waals surface area contributed by atoms with Gasteiger partial charge in [-0.3, -0.25) is 10.0 Å². The predicted octanol–water partition coefficient (Wildman–Crippen LogP) is 4.91. The van der Waals surface area contributed by atoms with Crippen LogP contribution in [-0.4, -0.2) is 16.8 Å². The van der Waals surface area contributed by atoms with Gasteiger partial charge in [0, 0.05) is 5.71 Å². The van der Waals surface area contributed by atoms with Gasteiger partial charge in [-0.2, -0.15) is 0 Å². The van der Waals surface area contributed by atoms with Crippen molar-refractivity contribution in [3.8, 4) is 0 Å². The minimum atomic E-state index is -0.658. The van der Waals surface area contributed by atoms with E-state index in [2.05, 4.69) is 11.9 Å². The SMILES string of the molecule is C=C(C(C)=N)c1cc(Cl)c(Nc2ccccc2C(=O)NO)c(Cl)c1. The summed E-state index contributed by atoms with van der Waals surface area (Å²) in [6, 6.07) is 9.89. The van der Waals surface area contributed by atoms with Crippen LogP contribution in [0.15, 0.2) is 43.0 Å². The lowest BCUT2D eigenvalue weighted by atomic mass is 10.0. The molecule has 2 aromatic carbocycles. The van der Waals surface area contributed by atoms with E-state index in [9.17, 15) is 4.79 Å². The number of hydrogen-bond acceptors (Lipinski definition) is 4. The second-order valence-corrected chi connectivity index (χ2v) is 5.84. The lowest BCUT2D eigenvalue weighted by Crippen LogP contribution is -2.19. The Labute approximate surface area is 149 Å². The molecule has 5 nitrogen and oxygen atoms in total. The van der Waals surface area contributed by atoms with Gasteiger partial charge in [0.1, 0.15) is 0 Å². The van der Waals surface area contributed by atoms with Crippen molar-refractivity contribution in [1.29, 1.82) is 5.41 Å². The third-order valence-electron chi connectivity index (χ3n) is 3.38. The molecular formula is C17H15Cl2N3O2. The van der Waals surface area contributed by atoms with Crippen molar-refractivity contribution >= 4 is 51.8 Å². The smallest absolute Gasteiger partial charge is 0.276 e. The number of halogens is 2. The first-order chi connectivity index (χ1) is 11.3. The fourth-order valence-corrected chi connectivity index (χ4v) is 2.65. The van der Waals surface area contributed by atoms with Gasteiger partial charge >= 0.3 is 0 Å². The third-order valence-corrected chi connectivity index (χ3v) is 3.97. The Hall–Kier alpha value is -2.34. The molecule has 0 atom stereocenters. The van der Waals surface area contributed by atoms with E-state index in [1.54, 1.807) is 48.8 Å². The minimum Gasteiger partial charge on any atom is -0.352 e. The second kappa shape index (κ2) is 7.49. The molecule has 2 aromatic rings. The number of nitrogens with one attached hydrogen (secondary N) is 3. The highest BCUT2D eigenvalue weighted by Crippen LogP contribution is 2.36. The zero-order valence-corrected chi connectivity index (χ0v) is 14.3. The summed E-state index contributed by atoms with van der Waals surface area (Å²) < 4.78 is 0. The average Bonchev–Trinajstić information content (AvgIpc) is 2.56. The zero-order valence-electron chi connectivity index (χ0n) is 12.8. The van der Waals surface area contributed by atoms with Crippen LogP contribution in [0.2, 0.25) is 10.0 Å². The summed E-state index contributed by atoms with van der Waals surface area (Å²) in [5.74, 6) is -0.658. The van der Waals surface area contributed by atoms with Crippen molar-refractivity contribution in [2.24, 2.45) is 0 Å². The number of hydrogen-bond donors (Lipinski definition) is 4. The van der Waals surface area contributed by atoms with Crippen molar-refractivity contribution in [2.45, 2.75) is 6.92 Å². The lowest BCUT2D eigenvalue weighted by molar-refractivity contribution is 0.0707. The van der Waals surface area contributed by atoms with Gasteiger partial charge in [-0.1, -0.05) is 41.9 Å². The lowest BCUT2D eigenvalue weighted by Gasteiger charge is -2.15. The molecule has 0 bridgehead atoms. The molecule has 0 aliphatic carbocycles. The van der Waals surface area contributed by atoms with Crippen LogP contribution in [0.25, 0.3) is 5.57 Å². The van der Waals surface area contributed by atoms with Crippen LogP contribution >= 0.6 is 23.2 Å². The highest BCUT2D eigenvalue weighted by molar-refractivity contribution is 6.40. The van der Waals surface area contributed by atoms with Crippen molar-refractivity contribution in [1.82, 2.24) is 5.48 Å². The molecule has 24 heavy (non-hydrogen) atoms. The first-order valence-electron chi connectivity index (χ1n) is 6.89. The number of allylic oxidation sites excluding steroid dienone is 1. The molecule has 0 heterocycles. The average molecular weight is 364 g/mol. The number of anilines is 2. The van der Waals surface area contributed by atoms with Crippen LogP contribution < -0.4 is 10.8 Å². The Kier molecular flexibility index (Phi) is 5.62. The highest BCUT2D eigenvalue weighted by Gasteiger charge is 2.15. The van der Waals surface area contributed by atoms with Crippen molar-refractivity contribution in [3.05, 3.63) is 64.1 Å². The molecule has 0 radical (unpaired) electrons. The van der Waals surface area contributed by atoms with Gasteiger partial charge < -0.3 is 10.7 Å². The predicted molar refractivity (Wildman–Crippen MR) is 97.9 cm³/mol. The van der Waals surface area contributed by atoms with E-state index in [4.69, 9.17) is 33.8 Å². The molecule has 1 amide bonds. The number of para-hydroxylation sites is 1. The Bertz CT molecular complexity index is 811. The third kappa shape index (κ3) is 3.76. The molecule has 0 fully saturated rings. The summed E-state index contributed by atoms with van der Waals surface area (Å²) in [5, 5.41) is 20.1. The zero-order chi connectivity index (χ0) is 17.9. The van der Waals surface area contributed by atoms with E-state index < -0.39 is 5.91 Å². The molecule has 0 unspecified atom stereocenters. The van der Waals surface area contributed by atoms with Gasteiger partial charge in [0.05, 0.1) is 27.0 Å². The van der Waals surface area contributed by atoms with Crippen LogP contribution in [0.3, 0.4) is 0 Å². The van der Waals surface area contributed by atoms with Gasteiger partial charge in [-0.25, -0.2) is 5.48 Å². The summed E-state index contributed by atoms with van der Waals surface area (Å²) in [5.41, 5.74) is 4.15. The number of amides is 1. The molecule has 0 spiro atoms. The highest BCUT2D eigenvalue weighted by atomic mass is 35.5. The van der Waals surface area contributed by atoms with E-state index in [-0.39, 0.29) is 5.56 Å². The Morgan fingerprint density at radius 3 is 2.33 bits per heavy atom. The fourth-order valence-electron chi connectivity index (χ4n) is 2.07. The fraction of sp³-hybridized carbons (Fsp3) is 0.0588. The molecule has 0 saturated heterocycles. The van der Waals surface area contributed by atoms with E-state index in [0.29, 0.717) is 38.3 Å². The van der Waals surface area contributed by atoms with E-state index in [1.807, 2.05) is 0 Å². The number of rotatable bonds is 5. The summed E-state index contributed by atoms with van der Waals surface area (Å²) in [6.07, 6.45) is 0. The Morgan fingerprint density at radius 1 is 1.21 bits per heavy atom. The van der Waals surface area contributed by atoms with Crippen LogP contribution in [-0.2, 0) is 0 Å². The Balaban J connectivity index is 2.44. The van der Waals surface area contributed by atoms with Gasteiger partial charge in [0.25, 0.3) is 5.91 Å². The van der Waals surface area contributed by atoms with Crippen molar-refractivity contribution in [2.75, 3.05) is 5.32 Å². The largest absolute Gasteiger partial charge is 0.352 e. The van der Waals surface area contributed by atoms with E-state index in [1.165, 1.54) is 0 Å². The normalized spacial score (nSPS) is 10.2. The quantitative estimate of drug-likeness (QED) is 0.346. The molecule has 0 aromatic heterocycles. The van der Waals surface area contributed by atoms with Crippen LogP contribution in [0, 0.1) is 5.41 Å². The van der Waals surface area contributed by atoms with Crippen LogP contribution in [0.4, 0.5) is 11.4 Å². The van der Waals surface area contributed by atoms with Crippen molar-refractivity contribution < 1.29 is 10.0 Å². The molecule has 0 aliphatic rings. The molecule has 7 heteroatoms. The van der Waals surface area contributed by atoms with E-state index >= 15 is 0 Å². The molecule has 0 aliphatic heterocycles. The molecule has 4 N–H and O–H groups in total. The van der Waals surface area contributed by atoms with Gasteiger partial charge in [-0.15, -0.1) is 0 Å². The standard InChI is InChI=1S/C17H15Cl2N3O2/c1-9(10(2)20)11-7-13(18)16(14(19)8-11)21-15-6-4-3-5-12(15)17(23)22-24/h3-8,20-21,24H,1H2,2H3,(H,22,23). The number of hydroxylamine groups is 1. The number of carbonyl (C=O) groups excluding carboxylic acids is 1. The van der Waals surface area contributed by atoms with Crippen LogP contribution in [0.1, 0.15) is 22.8 Å². The summed E-state index contributed by atoms with van der Waals surface area (Å²) in [6.45, 7) is 5.45. The summed E-state index contributed by atoms with van der Waals surface area (Å²) in [7, 11) is 0. The number of carbonyl (C=O) groups is 1. The molecular weight excluding hydrogens is 349 g/mol. The second-order valence-electron chi connectivity index (χ2n) is 5.03. The summed E-state index contributed by atoms with van der Waals surface area (Å²) >= 11 is 12.6. The maximum atomic E-state index is 11.7. The maximum absolute atomic E-state index is 11.7. The first-order valence-corrected chi connectivity index (χ1v) is 7.65. The van der Waals surface area contributed by atoms with E-state index in [0.717, 1.165) is 0 Å².